The number of hydrogen-bond donors (Lipinski definition) is 3. The van der Waals surface area contributed by atoms with E-state index in [2.05, 4.69) is 32.2 Å². The lowest BCUT2D eigenvalue weighted by Gasteiger charge is -2.11. The Balaban J connectivity index is 1.87. The number of thiocarbonyl (C=S) groups is 1. The highest BCUT2D eigenvalue weighted by atomic mass is 32.2. The molecule has 0 atom stereocenters. The first-order valence-corrected chi connectivity index (χ1v) is 11.8. The fraction of sp³-hybridized carbons (Fsp3) is 0.400. The zero-order chi connectivity index (χ0) is 22.7. The summed E-state index contributed by atoms with van der Waals surface area (Å²) in [5, 5.41) is 5.67. The van der Waals surface area contributed by atoms with Gasteiger partial charge in [-0.15, -0.1) is 0 Å². The fourth-order valence-electron chi connectivity index (χ4n) is 2.66. The van der Waals surface area contributed by atoms with E-state index in [0.717, 1.165) is 25.7 Å². The van der Waals surface area contributed by atoms with Crippen LogP contribution in [0.5, 0.6) is 5.88 Å². The van der Waals surface area contributed by atoms with Gasteiger partial charge in [-0.25, -0.2) is 18.4 Å². The minimum absolute atomic E-state index is 0.0395. The van der Waals surface area contributed by atoms with E-state index in [4.69, 9.17) is 17.0 Å². The average Bonchev–Trinajstić information content (AvgIpc) is 2.73. The van der Waals surface area contributed by atoms with Gasteiger partial charge in [-0.1, -0.05) is 32.6 Å². The number of hydrogen-bond acceptors (Lipinski definition) is 7. The number of carbonyl (C=O) groups is 1. The SMILES string of the molecule is CCCCCCCC(=O)NC(=S)Nc1ccc(S(=O)(=O)Nc2cc(OC)ncn2)cc1. The Bertz CT molecular complexity index is 981. The highest BCUT2D eigenvalue weighted by Crippen LogP contribution is 2.18. The highest BCUT2D eigenvalue weighted by Gasteiger charge is 2.15. The Morgan fingerprint density at radius 2 is 1.81 bits per heavy atom. The molecule has 168 valence electrons. The molecule has 9 nitrogen and oxygen atoms in total. The van der Waals surface area contributed by atoms with Crippen molar-refractivity contribution in [3.8, 4) is 5.88 Å². The van der Waals surface area contributed by atoms with Crippen LogP contribution in [-0.4, -0.2) is 36.5 Å². The quantitative estimate of drug-likeness (QED) is 0.341. The molecule has 0 spiro atoms. The Kier molecular flexibility index (Phi) is 9.60. The maximum atomic E-state index is 12.5. The summed E-state index contributed by atoms with van der Waals surface area (Å²) in [7, 11) is -2.42. The van der Waals surface area contributed by atoms with Crippen LogP contribution in [0.15, 0.2) is 41.6 Å². The predicted molar refractivity (Wildman–Crippen MR) is 124 cm³/mol. The summed E-state index contributed by atoms with van der Waals surface area (Å²) in [4.78, 5) is 19.7. The number of methoxy groups -OCH3 is 1. The van der Waals surface area contributed by atoms with Gasteiger partial charge >= 0.3 is 0 Å². The molecule has 0 fully saturated rings. The summed E-state index contributed by atoms with van der Waals surface area (Å²) in [6.07, 6.45) is 6.93. The summed E-state index contributed by atoms with van der Waals surface area (Å²) in [5.74, 6) is 0.189. The fourth-order valence-corrected chi connectivity index (χ4v) is 3.89. The van der Waals surface area contributed by atoms with Gasteiger partial charge in [0.2, 0.25) is 11.8 Å². The van der Waals surface area contributed by atoms with E-state index in [1.807, 2.05) is 0 Å². The van der Waals surface area contributed by atoms with Crippen LogP contribution in [0.1, 0.15) is 45.4 Å². The van der Waals surface area contributed by atoms with E-state index in [1.54, 1.807) is 12.1 Å². The van der Waals surface area contributed by atoms with Crippen LogP contribution in [0.2, 0.25) is 0 Å². The first-order valence-electron chi connectivity index (χ1n) is 9.94. The lowest BCUT2D eigenvalue weighted by molar-refractivity contribution is -0.119. The molecule has 0 unspecified atom stereocenters. The molecule has 1 heterocycles. The zero-order valence-electron chi connectivity index (χ0n) is 17.6. The topological polar surface area (TPSA) is 122 Å². The molecule has 1 amide bonds. The van der Waals surface area contributed by atoms with E-state index in [-0.39, 0.29) is 27.6 Å². The van der Waals surface area contributed by atoms with Crippen molar-refractivity contribution in [3.05, 3.63) is 36.7 Å². The highest BCUT2D eigenvalue weighted by molar-refractivity contribution is 7.92. The van der Waals surface area contributed by atoms with Crippen molar-refractivity contribution in [2.45, 2.75) is 50.3 Å². The average molecular weight is 466 g/mol. The maximum Gasteiger partial charge on any atom is 0.263 e. The predicted octanol–water partition coefficient (Wildman–Crippen LogP) is 3.46. The van der Waals surface area contributed by atoms with Gasteiger partial charge in [0.25, 0.3) is 10.0 Å². The second kappa shape index (κ2) is 12.2. The van der Waals surface area contributed by atoms with Gasteiger partial charge < -0.3 is 15.4 Å². The molecule has 0 aliphatic carbocycles. The summed E-state index contributed by atoms with van der Waals surface area (Å²) in [6, 6.07) is 7.32. The molecule has 0 saturated carbocycles. The van der Waals surface area contributed by atoms with Crippen LogP contribution in [0.3, 0.4) is 0 Å². The first kappa shape index (κ1) is 24.5. The molecule has 0 saturated heterocycles. The van der Waals surface area contributed by atoms with Crippen molar-refractivity contribution in [3.63, 3.8) is 0 Å². The minimum Gasteiger partial charge on any atom is -0.481 e. The van der Waals surface area contributed by atoms with E-state index < -0.39 is 10.0 Å². The standard InChI is InChI=1S/C20H27N5O4S2/c1-3-4-5-6-7-8-18(26)24-20(30)23-15-9-11-16(12-10-15)31(27,28)25-17-13-19(29-2)22-14-21-17/h9-14H,3-8H2,1-2H3,(H,21,22,25)(H2,23,24,26,30). The summed E-state index contributed by atoms with van der Waals surface area (Å²) < 4.78 is 32.4. The van der Waals surface area contributed by atoms with Gasteiger partial charge in [-0.2, -0.15) is 0 Å². The molecule has 1 aromatic carbocycles. The molecule has 2 aromatic rings. The third-order valence-electron chi connectivity index (χ3n) is 4.27. The lowest BCUT2D eigenvalue weighted by atomic mass is 10.1. The van der Waals surface area contributed by atoms with E-state index in [1.165, 1.54) is 38.1 Å². The molecule has 0 aliphatic heterocycles. The molecule has 3 N–H and O–H groups in total. The monoisotopic (exact) mass is 465 g/mol. The third-order valence-corrected chi connectivity index (χ3v) is 5.85. The van der Waals surface area contributed by atoms with Crippen molar-refractivity contribution >= 4 is 44.8 Å². The Morgan fingerprint density at radius 3 is 2.48 bits per heavy atom. The summed E-state index contributed by atoms with van der Waals surface area (Å²) in [5.41, 5.74) is 0.552. The molecule has 0 bridgehead atoms. The van der Waals surface area contributed by atoms with E-state index in [0.29, 0.717) is 12.1 Å². The van der Waals surface area contributed by atoms with E-state index in [9.17, 15) is 13.2 Å². The molecule has 31 heavy (non-hydrogen) atoms. The molecular formula is C20H27N5O4S2. The Morgan fingerprint density at radius 1 is 1.10 bits per heavy atom. The number of ether oxygens (including phenoxy) is 1. The number of amides is 1. The number of nitrogens with zero attached hydrogens (tertiary/aromatic N) is 2. The Hall–Kier alpha value is -2.79. The van der Waals surface area contributed by atoms with Crippen LogP contribution in [0.25, 0.3) is 0 Å². The van der Waals surface area contributed by atoms with Crippen molar-refractivity contribution in [1.29, 1.82) is 0 Å². The number of anilines is 2. The molecule has 2 rings (SSSR count). The molecule has 0 aliphatic rings. The van der Waals surface area contributed by atoms with Crippen LogP contribution in [-0.2, 0) is 14.8 Å². The Labute approximate surface area is 188 Å². The minimum atomic E-state index is -3.85. The van der Waals surface area contributed by atoms with Crippen molar-refractivity contribution < 1.29 is 17.9 Å². The number of carbonyl (C=O) groups excluding carboxylic acids is 1. The number of rotatable bonds is 11. The number of unbranched alkanes of at least 4 members (excludes halogenated alkanes) is 4. The molecule has 11 heteroatoms. The smallest absolute Gasteiger partial charge is 0.263 e. The second-order valence-corrected chi connectivity index (χ2v) is 8.83. The number of nitrogens with one attached hydrogen (secondary N) is 3. The van der Waals surface area contributed by atoms with Crippen molar-refractivity contribution in [2.24, 2.45) is 0 Å². The van der Waals surface area contributed by atoms with E-state index >= 15 is 0 Å². The van der Waals surface area contributed by atoms with Crippen LogP contribution in [0.4, 0.5) is 11.5 Å². The maximum absolute atomic E-state index is 12.5. The van der Waals surface area contributed by atoms with Gasteiger partial charge in [0.05, 0.1) is 12.0 Å². The van der Waals surface area contributed by atoms with Gasteiger partial charge in [-0.05, 0) is 42.9 Å². The van der Waals surface area contributed by atoms with Crippen LogP contribution >= 0.6 is 12.2 Å². The van der Waals surface area contributed by atoms with Gasteiger partial charge in [0.15, 0.2) is 5.11 Å². The number of benzene rings is 1. The van der Waals surface area contributed by atoms with Gasteiger partial charge in [0, 0.05) is 18.2 Å². The van der Waals surface area contributed by atoms with Crippen LogP contribution in [0, 0.1) is 0 Å². The zero-order valence-corrected chi connectivity index (χ0v) is 19.2. The summed E-state index contributed by atoms with van der Waals surface area (Å²) in [6.45, 7) is 2.14. The van der Waals surface area contributed by atoms with Crippen LogP contribution < -0.4 is 20.1 Å². The van der Waals surface area contributed by atoms with Gasteiger partial charge in [-0.3, -0.25) is 9.52 Å². The second-order valence-electron chi connectivity index (χ2n) is 6.74. The molecule has 0 radical (unpaired) electrons. The lowest BCUT2D eigenvalue weighted by Crippen LogP contribution is -2.33. The van der Waals surface area contributed by atoms with Crippen molar-refractivity contribution in [1.82, 2.24) is 15.3 Å². The number of sulfonamides is 1. The van der Waals surface area contributed by atoms with Gasteiger partial charge in [0.1, 0.15) is 12.1 Å². The molecular weight excluding hydrogens is 438 g/mol. The van der Waals surface area contributed by atoms with Crippen molar-refractivity contribution in [2.75, 3.05) is 17.1 Å². The number of aromatic nitrogens is 2. The summed E-state index contributed by atoms with van der Waals surface area (Å²) >= 11 is 5.15. The third kappa shape index (κ3) is 8.46. The normalized spacial score (nSPS) is 10.9. The first-order chi connectivity index (χ1) is 14.8. The largest absolute Gasteiger partial charge is 0.481 e. The molecule has 1 aromatic heterocycles.